The van der Waals surface area contributed by atoms with Gasteiger partial charge in [-0.1, -0.05) is 0 Å². The van der Waals surface area contributed by atoms with Crippen LogP contribution in [-0.2, 0) is 0 Å². The molecule has 0 aliphatic carbocycles. The van der Waals surface area contributed by atoms with Gasteiger partial charge in [0.2, 0.25) is 5.88 Å². The predicted molar refractivity (Wildman–Crippen MR) is 61.7 cm³/mol. The van der Waals surface area contributed by atoms with E-state index in [0.29, 0.717) is 5.88 Å². The van der Waals surface area contributed by atoms with Crippen molar-refractivity contribution in [2.75, 3.05) is 7.11 Å². The highest BCUT2D eigenvalue weighted by molar-refractivity contribution is 9.10. The molecule has 15 heavy (non-hydrogen) atoms. The standard InChI is InChI=1S/C11H9BrN2O/c1-15-11-5-8(2-3-14-11)9-4-10(12)7-13-6-9/h2-7H,1H3. The van der Waals surface area contributed by atoms with Crippen LogP contribution in [0.2, 0.25) is 0 Å². The number of ether oxygens (including phenoxy) is 1. The first kappa shape index (κ1) is 10.1. The summed E-state index contributed by atoms with van der Waals surface area (Å²) in [5.74, 6) is 0.604. The normalized spacial score (nSPS) is 10.0. The van der Waals surface area contributed by atoms with E-state index in [2.05, 4.69) is 25.9 Å². The molecular weight excluding hydrogens is 256 g/mol. The Hall–Kier alpha value is -1.42. The summed E-state index contributed by atoms with van der Waals surface area (Å²) >= 11 is 3.39. The number of pyridine rings is 2. The minimum absolute atomic E-state index is 0.604. The molecule has 0 atom stereocenters. The third kappa shape index (κ3) is 2.33. The van der Waals surface area contributed by atoms with E-state index in [0.717, 1.165) is 15.6 Å². The Labute approximate surface area is 96.3 Å². The first-order valence-corrected chi connectivity index (χ1v) is 5.20. The van der Waals surface area contributed by atoms with E-state index < -0.39 is 0 Å². The molecule has 0 radical (unpaired) electrons. The van der Waals surface area contributed by atoms with E-state index in [1.807, 2.05) is 18.2 Å². The van der Waals surface area contributed by atoms with E-state index in [1.165, 1.54) is 0 Å². The largest absolute Gasteiger partial charge is 0.481 e. The number of halogens is 1. The molecule has 2 aromatic heterocycles. The highest BCUT2D eigenvalue weighted by Crippen LogP contribution is 2.23. The molecule has 4 heteroatoms. The number of hydrogen-bond acceptors (Lipinski definition) is 3. The monoisotopic (exact) mass is 264 g/mol. The van der Waals surface area contributed by atoms with Crippen molar-refractivity contribution in [3.63, 3.8) is 0 Å². The lowest BCUT2D eigenvalue weighted by molar-refractivity contribution is 0.398. The fraction of sp³-hybridized carbons (Fsp3) is 0.0909. The quantitative estimate of drug-likeness (QED) is 0.837. The first-order chi connectivity index (χ1) is 7.29. The van der Waals surface area contributed by atoms with Crippen molar-refractivity contribution in [3.05, 3.63) is 41.3 Å². The van der Waals surface area contributed by atoms with Gasteiger partial charge in [0.05, 0.1) is 7.11 Å². The highest BCUT2D eigenvalue weighted by atomic mass is 79.9. The number of aromatic nitrogens is 2. The van der Waals surface area contributed by atoms with Gasteiger partial charge >= 0.3 is 0 Å². The summed E-state index contributed by atoms with van der Waals surface area (Å²) in [7, 11) is 1.60. The maximum absolute atomic E-state index is 5.06. The predicted octanol–water partition coefficient (Wildman–Crippen LogP) is 2.91. The molecule has 0 fully saturated rings. The van der Waals surface area contributed by atoms with Crippen LogP contribution in [0.3, 0.4) is 0 Å². The van der Waals surface area contributed by atoms with E-state index in [9.17, 15) is 0 Å². The maximum atomic E-state index is 5.06. The molecule has 0 spiro atoms. The van der Waals surface area contributed by atoms with Crippen molar-refractivity contribution in [1.29, 1.82) is 0 Å². The second kappa shape index (κ2) is 4.40. The zero-order valence-corrected chi connectivity index (χ0v) is 9.73. The van der Waals surface area contributed by atoms with Crippen LogP contribution in [0.5, 0.6) is 5.88 Å². The van der Waals surface area contributed by atoms with Crippen LogP contribution in [0.15, 0.2) is 41.3 Å². The number of hydrogen-bond donors (Lipinski definition) is 0. The van der Waals surface area contributed by atoms with Gasteiger partial charge in [-0.05, 0) is 33.6 Å². The average Bonchev–Trinajstić information content (AvgIpc) is 2.29. The summed E-state index contributed by atoms with van der Waals surface area (Å²) in [6.45, 7) is 0. The van der Waals surface area contributed by atoms with Crippen LogP contribution in [0.1, 0.15) is 0 Å². The minimum atomic E-state index is 0.604. The molecule has 2 heterocycles. The van der Waals surface area contributed by atoms with Gasteiger partial charge in [-0.3, -0.25) is 4.98 Å². The van der Waals surface area contributed by atoms with Crippen molar-refractivity contribution < 1.29 is 4.74 Å². The summed E-state index contributed by atoms with van der Waals surface area (Å²) in [5.41, 5.74) is 2.07. The first-order valence-electron chi connectivity index (χ1n) is 4.40. The fourth-order valence-corrected chi connectivity index (χ4v) is 1.64. The molecular formula is C11H9BrN2O. The molecule has 0 bridgehead atoms. The van der Waals surface area contributed by atoms with Crippen LogP contribution >= 0.6 is 15.9 Å². The Morgan fingerprint density at radius 1 is 1.20 bits per heavy atom. The zero-order chi connectivity index (χ0) is 10.7. The molecule has 3 nitrogen and oxygen atoms in total. The zero-order valence-electron chi connectivity index (χ0n) is 8.14. The van der Waals surface area contributed by atoms with E-state index in [-0.39, 0.29) is 0 Å². The molecule has 0 aromatic carbocycles. The summed E-state index contributed by atoms with van der Waals surface area (Å²) in [5, 5.41) is 0. The van der Waals surface area contributed by atoms with E-state index >= 15 is 0 Å². The lowest BCUT2D eigenvalue weighted by atomic mass is 10.1. The van der Waals surface area contributed by atoms with Gasteiger partial charge in [-0.25, -0.2) is 4.98 Å². The summed E-state index contributed by atoms with van der Waals surface area (Å²) in [6, 6.07) is 5.80. The lowest BCUT2D eigenvalue weighted by Crippen LogP contribution is -1.87. The number of rotatable bonds is 2. The highest BCUT2D eigenvalue weighted by Gasteiger charge is 2.01. The topological polar surface area (TPSA) is 35.0 Å². The number of nitrogens with zero attached hydrogens (tertiary/aromatic N) is 2. The average molecular weight is 265 g/mol. The van der Waals surface area contributed by atoms with Gasteiger partial charge < -0.3 is 4.74 Å². The summed E-state index contributed by atoms with van der Waals surface area (Å²) in [4.78, 5) is 8.16. The Balaban J connectivity index is 2.44. The minimum Gasteiger partial charge on any atom is -0.481 e. The van der Waals surface area contributed by atoms with E-state index in [4.69, 9.17) is 4.74 Å². The maximum Gasteiger partial charge on any atom is 0.213 e. The van der Waals surface area contributed by atoms with Crippen LogP contribution in [0.4, 0.5) is 0 Å². The molecule has 0 amide bonds. The Morgan fingerprint density at radius 2 is 2.07 bits per heavy atom. The van der Waals surface area contributed by atoms with Crippen molar-refractivity contribution in [2.45, 2.75) is 0 Å². The van der Waals surface area contributed by atoms with Gasteiger partial charge in [0, 0.05) is 34.7 Å². The Bertz CT molecular complexity index is 474. The Morgan fingerprint density at radius 3 is 2.80 bits per heavy atom. The SMILES string of the molecule is COc1cc(-c2cncc(Br)c2)ccn1. The second-order valence-corrected chi connectivity index (χ2v) is 3.89. The van der Waals surface area contributed by atoms with Gasteiger partial charge in [0.1, 0.15) is 0 Å². The molecule has 0 saturated heterocycles. The van der Waals surface area contributed by atoms with Crippen molar-refractivity contribution >= 4 is 15.9 Å². The third-order valence-electron chi connectivity index (χ3n) is 1.98. The van der Waals surface area contributed by atoms with Crippen molar-refractivity contribution in [1.82, 2.24) is 9.97 Å². The fourth-order valence-electron chi connectivity index (χ4n) is 1.27. The van der Waals surface area contributed by atoms with Gasteiger partial charge in [0.25, 0.3) is 0 Å². The van der Waals surface area contributed by atoms with Gasteiger partial charge in [-0.2, -0.15) is 0 Å². The molecule has 76 valence electrons. The van der Waals surface area contributed by atoms with Crippen LogP contribution in [0, 0.1) is 0 Å². The molecule has 0 unspecified atom stereocenters. The smallest absolute Gasteiger partial charge is 0.213 e. The lowest BCUT2D eigenvalue weighted by Gasteiger charge is -2.03. The molecule has 0 aliphatic heterocycles. The second-order valence-electron chi connectivity index (χ2n) is 2.98. The van der Waals surface area contributed by atoms with Crippen LogP contribution < -0.4 is 4.74 Å². The molecule has 0 aliphatic rings. The summed E-state index contributed by atoms with van der Waals surface area (Å²) < 4.78 is 6.02. The van der Waals surface area contributed by atoms with Gasteiger partial charge in [0.15, 0.2) is 0 Å². The van der Waals surface area contributed by atoms with Crippen LogP contribution in [0.25, 0.3) is 11.1 Å². The molecule has 2 rings (SSSR count). The molecule has 2 aromatic rings. The van der Waals surface area contributed by atoms with E-state index in [1.54, 1.807) is 25.7 Å². The van der Waals surface area contributed by atoms with Crippen molar-refractivity contribution in [3.8, 4) is 17.0 Å². The van der Waals surface area contributed by atoms with Crippen molar-refractivity contribution in [2.24, 2.45) is 0 Å². The Kier molecular flexibility index (Phi) is 2.97. The number of methoxy groups -OCH3 is 1. The summed E-state index contributed by atoms with van der Waals surface area (Å²) in [6.07, 6.45) is 5.27. The molecule has 0 saturated carbocycles. The third-order valence-corrected chi connectivity index (χ3v) is 2.42. The molecule has 0 N–H and O–H groups in total. The van der Waals surface area contributed by atoms with Gasteiger partial charge in [-0.15, -0.1) is 0 Å². The van der Waals surface area contributed by atoms with Crippen LogP contribution in [-0.4, -0.2) is 17.1 Å².